The van der Waals surface area contributed by atoms with E-state index in [-0.39, 0.29) is 17.5 Å². The third-order valence-corrected chi connectivity index (χ3v) is 4.74. The van der Waals surface area contributed by atoms with Gasteiger partial charge in [-0.25, -0.2) is 4.98 Å². The van der Waals surface area contributed by atoms with Crippen molar-refractivity contribution in [1.82, 2.24) is 4.98 Å². The van der Waals surface area contributed by atoms with E-state index >= 15 is 0 Å². The summed E-state index contributed by atoms with van der Waals surface area (Å²) in [6, 6.07) is 11.9. The number of anilines is 2. The standard InChI is InChI=1S/C19H16ClN3O3S/c1-11-9-13(20)5-8-15(11)21-18(25)16-10-27-19(22-16)23-17(24)12-3-6-14(26-2)7-4-12/h3-10H,1-2H3,(H,21,25)(H,22,23,24). The maximum Gasteiger partial charge on any atom is 0.275 e. The van der Waals surface area contributed by atoms with E-state index in [9.17, 15) is 9.59 Å². The molecule has 0 fully saturated rings. The van der Waals surface area contributed by atoms with Crippen LogP contribution in [0, 0.1) is 6.92 Å². The highest BCUT2D eigenvalue weighted by Crippen LogP contribution is 2.22. The highest BCUT2D eigenvalue weighted by atomic mass is 35.5. The Morgan fingerprint density at radius 3 is 2.48 bits per heavy atom. The third kappa shape index (κ3) is 4.64. The van der Waals surface area contributed by atoms with Crippen LogP contribution in [0.1, 0.15) is 26.4 Å². The highest BCUT2D eigenvalue weighted by molar-refractivity contribution is 7.14. The molecule has 1 heterocycles. The van der Waals surface area contributed by atoms with Gasteiger partial charge in [-0.1, -0.05) is 11.6 Å². The number of amides is 2. The van der Waals surface area contributed by atoms with Crippen molar-refractivity contribution in [1.29, 1.82) is 0 Å². The Balaban J connectivity index is 1.66. The number of hydrogen-bond donors (Lipinski definition) is 2. The van der Waals surface area contributed by atoms with Crippen molar-refractivity contribution in [3.63, 3.8) is 0 Å². The van der Waals surface area contributed by atoms with Gasteiger partial charge >= 0.3 is 0 Å². The highest BCUT2D eigenvalue weighted by Gasteiger charge is 2.14. The van der Waals surface area contributed by atoms with Crippen molar-refractivity contribution < 1.29 is 14.3 Å². The van der Waals surface area contributed by atoms with Gasteiger partial charge in [0, 0.05) is 21.7 Å². The molecule has 1 aromatic heterocycles. The Morgan fingerprint density at radius 2 is 1.81 bits per heavy atom. The maximum atomic E-state index is 12.4. The Bertz CT molecular complexity index is 986. The number of aryl methyl sites for hydroxylation is 1. The summed E-state index contributed by atoms with van der Waals surface area (Å²) in [7, 11) is 1.56. The Labute approximate surface area is 165 Å². The number of rotatable bonds is 5. The molecule has 138 valence electrons. The smallest absolute Gasteiger partial charge is 0.275 e. The lowest BCUT2D eigenvalue weighted by molar-refractivity contribution is 0.101. The van der Waals surface area contributed by atoms with Gasteiger partial charge < -0.3 is 10.1 Å². The van der Waals surface area contributed by atoms with Crippen LogP contribution >= 0.6 is 22.9 Å². The van der Waals surface area contributed by atoms with Gasteiger partial charge in [-0.2, -0.15) is 0 Å². The monoisotopic (exact) mass is 401 g/mol. The number of thiazole rings is 1. The SMILES string of the molecule is COc1ccc(C(=O)Nc2nc(C(=O)Nc3ccc(Cl)cc3C)cs2)cc1. The molecule has 0 unspecified atom stereocenters. The third-order valence-electron chi connectivity index (χ3n) is 3.75. The van der Waals surface area contributed by atoms with Gasteiger partial charge in [0.25, 0.3) is 11.8 Å². The summed E-state index contributed by atoms with van der Waals surface area (Å²) < 4.78 is 5.07. The van der Waals surface area contributed by atoms with E-state index in [2.05, 4.69) is 15.6 Å². The fraction of sp³-hybridized carbons (Fsp3) is 0.105. The largest absolute Gasteiger partial charge is 0.497 e. The molecule has 8 heteroatoms. The van der Waals surface area contributed by atoms with Crippen LogP contribution in [0.3, 0.4) is 0 Å². The first-order valence-electron chi connectivity index (χ1n) is 7.94. The molecule has 0 bridgehead atoms. The molecule has 2 N–H and O–H groups in total. The van der Waals surface area contributed by atoms with Crippen LogP contribution in [0.25, 0.3) is 0 Å². The number of carbonyl (C=O) groups is 2. The second-order valence-electron chi connectivity index (χ2n) is 5.63. The topological polar surface area (TPSA) is 80.3 Å². The van der Waals surface area contributed by atoms with E-state index < -0.39 is 0 Å². The molecule has 0 aliphatic carbocycles. The molecule has 0 saturated heterocycles. The molecule has 0 aliphatic rings. The van der Waals surface area contributed by atoms with Crippen molar-refractivity contribution >= 4 is 45.6 Å². The quantitative estimate of drug-likeness (QED) is 0.653. The average molecular weight is 402 g/mol. The fourth-order valence-corrected chi connectivity index (χ4v) is 3.21. The molecule has 0 saturated carbocycles. The lowest BCUT2D eigenvalue weighted by Gasteiger charge is -2.07. The molecule has 2 amide bonds. The minimum Gasteiger partial charge on any atom is -0.497 e. The van der Waals surface area contributed by atoms with Crippen LogP contribution < -0.4 is 15.4 Å². The Hall–Kier alpha value is -2.90. The normalized spacial score (nSPS) is 10.3. The number of aromatic nitrogens is 1. The summed E-state index contributed by atoms with van der Waals surface area (Å²) in [4.78, 5) is 28.8. The van der Waals surface area contributed by atoms with Crippen LogP contribution in [-0.4, -0.2) is 23.9 Å². The van der Waals surface area contributed by atoms with Crippen LogP contribution in [0.15, 0.2) is 47.8 Å². The van der Waals surface area contributed by atoms with Crippen LogP contribution in [0.5, 0.6) is 5.75 Å². The summed E-state index contributed by atoms with van der Waals surface area (Å²) in [5.41, 5.74) is 2.19. The summed E-state index contributed by atoms with van der Waals surface area (Å²) in [5, 5.41) is 8.00. The van der Waals surface area contributed by atoms with E-state index in [0.29, 0.717) is 27.2 Å². The summed E-state index contributed by atoms with van der Waals surface area (Å²) >= 11 is 7.10. The van der Waals surface area contributed by atoms with Crippen molar-refractivity contribution in [3.05, 3.63) is 69.7 Å². The number of hydrogen-bond acceptors (Lipinski definition) is 5. The second kappa shape index (κ2) is 8.20. The van der Waals surface area contributed by atoms with Gasteiger partial charge in [-0.05, 0) is 55.0 Å². The number of methoxy groups -OCH3 is 1. The van der Waals surface area contributed by atoms with Crippen molar-refractivity contribution in [2.24, 2.45) is 0 Å². The van der Waals surface area contributed by atoms with Gasteiger partial charge in [-0.15, -0.1) is 11.3 Å². The minimum absolute atomic E-state index is 0.222. The molecule has 3 rings (SSSR count). The fourth-order valence-electron chi connectivity index (χ4n) is 2.30. The molecule has 0 spiro atoms. The zero-order valence-electron chi connectivity index (χ0n) is 14.6. The lowest BCUT2D eigenvalue weighted by atomic mass is 10.2. The minimum atomic E-state index is -0.360. The molecule has 0 atom stereocenters. The number of benzene rings is 2. The van der Waals surface area contributed by atoms with Gasteiger partial charge in [0.1, 0.15) is 11.4 Å². The van der Waals surface area contributed by atoms with E-state index in [0.717, 1.165) is 5.56 Å². The van der Waals surface area contributed by atoms with E-state index in [4.69, 9.17) is 16.3 Å². The van der Waals surface area contributed by atoms with E-state index in [1.165, 1.54) is 11.3 Å². The molecular formula is C19H16ClN3O3S. The van der Waals surface area contributed by atoms with Crippen LogP contribution in [-0.2, 0) is 0 Å². The number of nitrogens with one attached hydrogen (secondary N) is 2. The first-order valence-corrected chi connectivity index (χ1v) is 9.20. The number of ether oxygens (including phenoxy) is 1. The Kier molecular flexibility index (Phi) is 5.73. The number of halogens is 1. The second-order valence-corrected chi connectivity index (χ2v) is 6.93. The van der Waals surface area contributed by atoms with Crippen LogP contribution in [0.2, 0.25) is 5.02 Å². The van der Waals surface area contributed by atoms with Crippen molar-refractivity contribution in [2.45, 2.75) is 6.92 Å². The summed E-state index contributed by atoms with van der Waals surface area (Å²) in [5.74, 6) is -0.00799. The van der Waals surface area contributed by atoms with Gasteiger partial charge in [0.05, 0.1) is 7.11 Å². The molecular weight excluding hydrogens is 386 g/mol. The van der Waals surface area contributed by atoms with Gasteiger partial charge in [0.15, 0.2) is 5.13 Å². The molecule has 2 aromatic carbocycles. The molecule has 27 heavy (non-hydrogen) atoms. The molecule has 6 nitrogen and oxygen atoms in total. The predicted octanol–water partition coefficient (Wildman–Crippen LogP) is 4.62. The first-order chi connectivity index (χ1) is 13.0. The van der Waals surface area contributed by atoms with Gasteiger partial charge in [0.2, 0.25) is 0 Å². The van der Waals surface area contributed by atoms with E-state index in [1.54, 1.807) is 55.0 Å². The average Bonchev–Trinajstić information content (AvgIpc) is 3.12. The Morgan fingerprint density at radius 1 is 1.07 bits per heavy atom. The zero-order valence-corrected chi connectivity index (χ0v) is 16.1. The van der Waals surface area contributed by atoms with Crippen molar-refractivity contribution in [2.75, 3.05) is 17.7 Å². The van der Waals surface area contributed by atoms with Crippen molar-refractivity contribution in [3.8, 4) is 5.75 Å². The number of carbonyl (C=O) groups excluding carboxylic acids is 2. The summed E-state index contributed by atoms with van der Waals surface area (Å²) in [6.45, 7) is 1.85. The maximum absolute atomic E-state index is 12.4. The lowest BCUT2D eigenvalue weighted by Crippen LogP contribution is -2.14. The van der Waals surface area contributed by atoms with Crippen LogP contribution in [0.4, 0.5) is 10.8 Å². The first kappa shape index (κ1) is 18.9. The predicted molar refractivity (Wildman–Crippen MR) is 107 cm³/mol. The summed E-state index contributed by atoms with van der Waals surface area (Å²) in [6.07, 6.45) is 0. The molecule has 0 radical (unpaired) electrons. The van der Waals surface area contributed by atoms with E-state index in [1.807, 2.05) is 6.92 Å². The molecule has 3 aromatic rings. The molecule has 0 aliphatic heterocycles. The number of nitrogens with zero attached hydrogens (tertiary/aromatic N) is 1. The van der Waals surface area contributed by atoms with Gasteiger partial charge in [-0.3, -0.25) is 14.9 Å². The zero-order chi connectivity index (χ0) is 19.4.